The van der Waals surface area contributed by atoms with Crippen molar-refractivity contribution in [1.82, 2.24) is 4.31 Å². The fourth-order valence-corrected chi connectivity index (χ4v) is 4.51. The van der Waals surface area contributed by atoms with E-state index < -0.39 is 27.9 Å². The highest BCUT2D eigenvalue weighted by molar-refractivity contribution is 7.90. The van der Waals surface area contributed by atoms with Gasteiger partial charge in [-0.2, -0.15) is 0 Å². The summed E-state index contributed by atoms with van der Waals surface area (Å²) >= 11 is 0. The third-order valence-electron chi connectivity index (χ3n) is 4.24. The molecule has 3 rings (SSSR count). The molecule has 2 amide bonds. The highest BCUT2D eigenvalue weighted by Crippen LogP contribution is 2.32. The number of fused-ring (bicyclic) bond motifs is 1. The molecular formula is C18H19N3O4S. The van der Waals surface area contributed by atoms with Crippen LogP contribution >= 0.6 is 0 Å². The molecule has 1 heterocycles. The van der Waals surface area contributed by atoms with E-state index in [4.69, 9.17) is 0 Å². The Morgan fingerprint density at radius 3 is 2.27 bits per heavy atom. The Morgan fingerprint density at radius 1 is 1.08 bits per heavy atom. The van der Waals surface area contributed by atoms with Crippen LogP contribution in [0.2, 0.25) is 0 Å². The highest BCUT2D eigenvalue weighted by Gasteiger charge is 2.45. The van der Waals surface area contributed by atoms with Crippen LogP contribution in [0, 0.1) is 0 Å². The molecule has 0 fully saturated rings. The number of rotatable bonds is 4. The molecule has 0 bridgehead atoms. The van der Waals surface area contributed by atoms with Gasteiger partial charge in [0, 0.05) is 25.5 Å². The zero-order chi connectivity index (χ0) is 19.1. The molecule has 1 aliphatic heterocycles. The zero-order valence-electron chi connectivity index (χ0n) is 14.6. The largest absolute Gasteiger partial charge is 0.378 e. The van der Waals surface area contributed by atoms with Crippen LogP contribution in [0.25, 0.3) is 0 Å². The highest BCUT2D eigenvalue weighted by atomic mass is 32.2. The van der Waals surface area contributed by atoms with Crippen LogP contribution in [0.4, 0.5) is 11.4 Å². The normalized spacial score (nSPS) is 16.1. The second kappa shape index (κ2) is 6.45. The number of nitrogens with zero attached hydrogens (tertiary/aromatic N) is 2. The number of hydrogen-bond donors (Lipinski definition) is 1. The number of carbonyl (C=O) groups is 2. The first-order chi connectivity index (χ1) is 12.2. The van der Waals surface area contributed by atoms with E-state index in [9.17, 15) is 18.0 Å². The van der Waals surface area contributed by atoms with E-state index in [0.29, 0.717) is 9.99 Å². The fourth-order valence-electron chi connectivity index (χ4n) is 2.78. The predicted molar refractivity (Wildman–Crippen MR) is 98.7 cm³/mol. The summed E-state index contributed by atoms with van der Waals surface area (Å²) in [6, 6.07) is 11.9. The third kappa shape index (κ3) is 2.92. The van der Waals surface area contributed by atoms with Crippen molar-refractivity contribution in [2.45, 2.75) is 17.9 Å². The van der Waals surface area contributed by atoms with Crippen LogP contribution in [0.1, 0.15) is 17.3 Å². The van der Waals surface area contributed by atoms with Crippen LogP contribution in [0.5, 0.6) is 0 Å². The zero-order valence-corrected chi connectivity index (χ0v) is 15.4. The number of carbonyl (C=O) groups excluding carboxylic acids is 2. The smallest absolute Gasteiger partial charge is 0.269 e. The van der Waals surface area contributed by atoms with Gasteiger partial charge in [-0.05, 0) is 43.3 Å². The first-order valence-electron chi connectivity index (χ1n) is 7.99. The first-order valence-corrected chi connectivity index (χ1v) is 9.43. The Morgan fingerprint density at radius 2 is 1.69 bits per heavy atom. The molecule has 0 saturated heterocycles. The molecule has 0 unspecified atom stereocenters. The summed E-state index contributed by atoms with van der Waals surface area (Å²) in [5.74, 6) is -1.27. The third-order valence-corrected chi connectivity index (χ3v) is 6.15. The number of hydrogen-bond acceptors (Lipinski definition) is 5. The monoisotopic (exact) mass is 373 g/mol. The number of benzene rings is 2. The minimum atomic E-state index is -4.03. The maximum atomic E-state index is 12.6. The Hall–Kier alpha value is -2.87. The minimum Gasteiger partial charge on any atom is -0.378 e. The minimum absolute atomic E-state index is 0.0695. The Balaban J connectivity index is 1.82. The van der Waals surface area contributed by atoms with E-state index in [1.807, 2.05) is 31.1 Å². The first kappa shape index (κ1) is 17.9. The Labute approximate surface area is 152 Å². The molecule has 0 saturated carbocycles. The topological polar surface area (TPSA) is 86.8 Å². The summed E-state index contributed by atoms with van der Waals surface area (Å²) in [4.78, 5) is 26.9. The van der Waals surface area contributed by atoms with Crippen LogP contribution < -0.4 is 10.2 Å². The second-order valence-corrected chi connectivity index (χ2v) is 7.99. The van der Waals surface area contributed by atoms with Gasteiger partial charge in [0.2, 0.25) is 5.91 Å². The molecule has 8 heteroatoms. The fraction of sp³-hybridized carbons (Fsp3) is 0.222. The lowest BCUT2D eigenvalue weighted by molar-refractivity contribution is -0.118. The molecule has 1 atom stereocenters. The number of sulfonamides is 1. The van der Waals surface area contributed by atoms with Crippen molar-refractivity contribution in [2.75, 3.05) is 24.3 Å². The Bertz CT molecular complexity index is 968. The molecule has 0 aromatic heterocycles. The lowest BCUT2D eigenvalue weighted by atomic mass is 10.2. The van der Waals surface area contributed by atoms with Gasteiger partial charge in [-0.25, -0.2) is 12.7 Å². The van der Waals surface area contributed by atoms with Crippen LogP contribution in [0.15, 0.2) is 53.4 Å². The maximum Gasteiger partial charge on any atom is 0.269 e. The van der Waals surface area contributed by atoms with Gasteiger partial charge >= 0.3 is 0 Å². The number of anilines is 2. The molecule has 136 valence electrons. The van der Waals surface area contributed by atoms with E-state index in [-0.39, 0.29) is 10.5 Å². The van der Waals surface area contributed by atoms with E-state index in [1.165, 1.54) is 19.1 Å². The van der Waals surface area contributed by atoms with Crippen molar-refractivity contribution >= 4 is 33.2 Å². The lowest BCUT2D eigenvalue weighted by Crippen LogP contribution is -2.45. The van der Waals surface area contributed by atoms with Gasteiger partial charge in [0.15, 0.2) is 0 Å². The van der Waals surface area contributed by atoms with Crippen LogP contribution in [-0.4, -0.2) is 44.7 Å². The second-order valence-electron chi connectivity index (χ2n) is 6.21. The lowest BCUT2D eigenvalue weighted by Gasteiger charge is -2.22. The van der Waals surface area contributed by atoms with Gasteiger partial charge in [0.05, 0.1) is 5.56 Å². The summed E-state index contributed by atoms with van der Waals surface area (Å²) in [5, 5.41) is 2.65. The molecule has 7 nitrogen and oxygen atoms in total. The van der Waals surface area contributed by atoms with Crippen LogP contribution in [-0.2, 0) is 14.8 Å². The van der Waals surface area contributed by atoms with Crippen LogP contribution in [0.3, 0.4) is 0 Å². The van der Waals surface area contributed by atoms with Gasteiger partial charge in [0.25, 0.3) is 15.9 Å². The van der Waals surface area contributed by atoms with Gasteiger partial charge < -0.3 is 10.2 Å². The van der Waals surface area contributed by atoms with Gasteiger partial charge in [-0.3, -0.25) is 9.59 Å². The van der Waals surface area contributed by atoms with E-state index in [0.717, 1.165) is 5.69 Å². The summed E-state index contributed by atoms with van der Waals surface area (Å²) in [7, 11) is -0.234. The molecule has 0 radical (unpaired) electrons. The molecule has 2 aromatic rings. The summed E-state index contributed by atoms with van der Waals surface area (Å²) in [6.07, 6.45) is 0. The van der Waals surface area contributed by atoms with Crippen molar-refractivity contribution in [1.29, 1.82) is 0 Å². The Kier molecular flexibility index (Phi) is 4.45. The van der Waals surface area contributed by atoms with Crippen molar-refractivity contribution in [3.63, 3.8) is 0 Å². The summed E-state index contributed by atoms with van der Waals surface area (Å²) in [6.45, 7) is 1.39. The summed E-state index contributed by atoms with van der Waals surface area (Å²) in [5.41, 5.74) is 1.57. The van der Waals surface area contributed by atoms with Gasteiger partial charge in [0.1, 0.15) is 10.9 Å². The average molecular weight is 373 g/mol. The van der Waals surface area contributed by atoms with E-state index >= 15 is 0 Å². The molecular weight excluding hydrogens is 354 g/mol. The van der Waals surface area contributed by atoms with Crippen molar-refractivity contribution in [3.05, 3.63) is 54.1 Å². The summed E-state index contributed by atoms with van der Waals surface area (Å²) < 4.78 is 25.9. The average Bonchev–Trinajstić information content (AvgIpc) is 2.81. The molecule has 0 spiro atoms. The van der Waals surface area contributed by atoms with Crippen molar-refractivity contribution in [3.8, 4) is 0 Å². The van der Waals surface area contributed by atoms with Gasteiger partial charge in [-0.15, -0.1) is 0 Å². The standard InChI is InChI=1S/C18H19N3O4S/c1-12(17(22)19-13-8-10-14(11-9-13)20(2)3)21-18(23)15-6-4-5-7-16(15)26(21,24)25/h4-12H,1-3H3,(H,19,22)/t12-/m0/s1. The molecule has 1 N–H and O–H groups in total. The predicted octanol–water partition coefficient (Wildman–Crippen LogP) is 1.92. The number of nitrogens with one attached hydrogen (secondary N) is 1. The van der Waals surface area contributed by atoms with Crippen molar-refractivity contribution < 1.29 is 18.0 Å². The maximum absolute atomic E-state index is 12.6. The molecule has 26 heavy (non-hydrogen) atoms. The SMILES string of the molecule is C[C@@H](C(=O)Nc1ccc(N(C)C)cc1)N1C(=O)c2ccccc2S1(=O)=O. The van der Waals surface area contributed by atoms with E-state index in [2.05, 4.69) is 5.32 Å². The van der Waals surface area contributed by atoms with Crippen molar-refractivity contribution in [2.24, 2.45) is 0 Å². The molecule has 0 aliphatic carbocycles. The quantitative estimate of drug-likeness (QED) is 0.885. The van der Waals surface area contributed by atoms with Gasteiger partial charge in [-0.1, -0.05) is 12.1 Å². The van der Waals surface area contributed by atoms with E-state index in [1.54, 1.807) is 24.3 Å². The molecule has 2 aromatic carbocycles. The molecule has 1 aliphatic rings. The number of amides is 2.